The molecule has 0 radical (unpaired) electrons. The van der Waals surface area contributed by atoms with Gasteiger partial charge < -0.3 is 10.4 Å². The number of hydrogen-bond acceptors (Lipinski definition) is 4. The molecule has 19 heavy (non-hydrogen) atoms. The number of aromatic carboxylic acids is 1. The summed E-state index contributed by atoms with van der Waals surface area (Å²) >= 11 is 5.56. The van der Waals surface area contributed by atoms with E-state index in [0.29, 0.717) is 5.69 Å². The maximum Gasteiger partial charge on any atom is 0.335 e. The Labute approximate surface area is 113 Å². The van der Waals surface area contributed by atoms with Crippen LogP contribution in [0.2, 0.25) is 5.15 Å². The van der Waals surface area contributed by atoms with Crippen LogP contribution in [0.15, 0.2) is 36.7 Å². The quantitative estimate of drug-likeness (QED) is 0.896. The number of halogens is 1. The molecule has 0 atom stereocenters. The first-order valence-corrected chi connectivity index (χ1v) is 5.56. The summed E-state index contributed by atoms with van der Waals surface area (Å²) in [5.41, 5.74) is 0.725. The zero-order valence-corrected chi connectivity index (χ0v) is 10.3. The number of rotatable bonds is 3. The summed E-state index contributed by atoms with van der Waals surface area (Å²) in [4.78, 5) is 30.0. The Bertz CT molecular complexity index is 611. The number of carbonyl (C=O) groups excluding carboxylic acids is 1. The zero-order valence-electron chi connectivity index (χ0n) is 9.50. The maximum absolute atomic E-state index is 11.8. The van der Waals surface area contributed by atoms with Crippen LogP contribution in [0.5, 0.6) is 0 Å². The Morgan fingerprint density at radius 3 is 2.32 bits per heavy atom. The van der Waals surface area contributed by atoms with E-state index in [9.17, 15) is 9.59 Å². The lowest BCUT2D eigenvalue weighted by Gasteiger charge is -2.04. The highest BCUT2D eigenvalue weighted by atomic mass is 35.5. The number of carboxylic acid groups (broad SMARTS) is 1. The highest BCUT2D eigenvalue weighted by molar-refractivity contribution is 6.29. The van der Waals surface area contributed by atoms with E-state index in [-0.39, 0.29) is 16.4 Å². The van der Waals surface area contributed by atoms with Gasteiger partial charge >= 0.3 is 5.97 Å². The normalized spacial score (nSPS) is 9.95. The van der Waals surface area contributed by atoms with Gasteiger partial charge in [-0.25, -0.2) is 14.8 Å². The second-order valence-corrected chi connectivity index (χ2v) is 3.95. The van der Waals surface area contributed by atoms with E-state index in [1.165, 1.54) is 36.7 Å². The molecule has 6 nitrogen and oxygen atoms in total. The van der Waals surface area contributed by atoms with Gasteiger partial charge in [0.15, 0.2) is 0 Å². The van der Waals surface area contributed by atoms with E-state index in [1.54, 1.807) is 0 Å². The monoisotopic (exact) mass is 277 g/mol. The van der Waals surface area contributed by atoms with Crippen LogP contribution in [0.1, 0.15) is 20.8 Å². The fraction of sp³-hybridized carbons (Fsp3) is 0. The minimum atomic E-state index is -1.03. The summed E-state index contributed by atoms with van der Waals surface area (Å²) in [5.74, 6) is -1.48. The smallest absolute Gasteiger partial charge is 0.335 e. The average molecular weight is 278 g/mol. The zero-order chi connectivity index (χ0) is 13.8. The molecule has 96 valence electrons. The van der Waals surface area contributed by atoms with Crippen molar-refractivity contribution in [3.63, 3.8) is 0 Å². The fourth-order valence-corrected chi connectivity index (χ4v) is 1.42. The summed E-state index contributed by atoms with van der Waals surface area (Å²) in [7, 11) is 0. The van der Waals surface area contributed by atoms with Crippen molar-refractivity contribution >= 4 is 29.2 Å². The number of carboxylic acids is 1. The van der Waals surface area contributed by atoms with Gasteiger partial charge in [0, 0.05) is 5.69 Å². The number of aromatic nitrogens is 2. The van der Waals surface area contributed by atoms with Gasteiger partial charge in [0.2, 0.25) is 0 Å². The summed E-state index contributed by atoms with van der Waals surface area (Å²) in [6, 6.07) is 5.77. The molecular formula is C12H8ClN3O3. The Morgan fingerprint density at radius 1 is 1.11 bits per heavy atom. The average Bonchev–Trinajstić information content (AvgIpc) is 2.40. The summed E-state index contributed by atoms with van der Waals surface area (Å²) < 4.78 is 0. The van der Waals surface area contributed by atoms with E-state index in [4.69, 9.17) is 16.7 Å². The molecule has 0 aliphatic heterocycles. The van der Waals surface area contributed by atoms with Crippen LogP contribution in [-0.2, 0) is 0 Å². The summed E-state index contributed by atoms with van der Waals surface area (Å²) in [5, 5.41) is 11.5. The molecular weight excluding hydrogens is 270 g/mol. The molecule has 1 aromatic carbocycles. The molecule has 0 unspecified atom stereocenters. The topological polar surface area (TPSA) is 92.2 Å². The predicted octanol–water partition coefficient (Wildman–Crippen LogP) is 2.08. The minimum absolute atomic E-state index is 0.117. The lowest BCUT2D eigenvalue weighted by atomic mass is 10.2. The first kappa shape index (κ1) is 13.0. The van der Waals surface area contributed by atoms with Crippen molar-refractivity contribution in [2.45, 2.75) is 0 Å². The lowest BCUT2D eigenvalue weighted by Crippen LogP contribution is -2.14. The van der Waals surface area contributed by atoms with E-state index in [1.807, 2.05) is 0 Å². The standard InChI is InChI=1S/C12H8ClN3O3/c13-10-6-14-9(5-15-10)11(17)16-8-3-1-7(2-4-8)12(18)19/h1-6H,(H,16,17)(H,18,19). The van der Waals surface area contributed by atoms with Gasteiger partial charge in [-0.1, -0.05) is 11.6 Å². The number of nitrogens with zero attached hydrogens (tertiary/aromatic N) is 2. The van der Waals surface area contributed by atoms with Crippen LogP contribution in [-0.4, -0.2) is 27.0 Å². The predicted molar refractivity (Wildman–Crippen MR) is 68.4 cm³/mol. The Hall–Kier alpha value is -2.47. The molecule has 0 spiro atoms. The molecule has 1 heterocycles. The maximum atomic E-state index is 11.8. The van der Waals surface area contributed by atoms with Crippen molar-refractivity contribution in [3.05, 3.63) is 53.1 Å². The number of carbonyl (C=O) groups is 2. The number of amides is 1. The molecule has 1 aromatic heterocycles. The Balaban J connectivity index is 2.10. The second kappa shape index (κ2) is 5.45. The first-order valence-electron chi connectivity index (χ1n) is 5.18. The third kappa shape index (κ3) is 3.26. The molecule has 0 aliphatic rings. The highest BCUT2D eigenvalue weighted by Gasteiger charge is 2.09. The Morgan fingerprint density at radius 2 is 1.79 bits per heavy atom. The number of nitrogens with one attached hydrogen (secondary N) is 1. The van der Waals surface area contributed by atoms with Gasteiger partial charge in [-0.05, 0) is 24.3 Å². The van der Waals surface area contributed by atoms with Gasteiger partial charge in [-0.3, -0.25) is 4.79 Å². The third-order valence-corrected chi connectivity index (χ3v) is 2.44. The van der Waals surface area contributed by atoms with Crippen molar-refractivity contribution in [2.24, 2.45) is 0 Å². The Kier molecular flexibility index (Phi) is 3.72. The highest BCUT2D eigenvalue weighted by Crippen LogP contribution is 2.11. The van der Waals surface area contributed by atoms with E-state index >= 15 is 0 Å². The second-order valence-electron chi connectivity index (χ2n) is 3.56. The van der Waals surface area contributed by atoms with Crippen LogP contribution in [0, 0.1) is 0 Å². The molecule has 7 heteroatoms. The van der Waals surface area contributed by atoms with Crippen molar-refractivity contribution < 1.29 is 14.7 Å². The number of anilines is 1. The van der Waals surface area contributed by atoms with Gasteiger partial charge in [-0.15, -0.1) is 0 Å². The third-order valence-electron chi connectivity index (χ3n) is 2.24. The molecule has 0 fully saturated rings. The molecule has 2 N–H and O–H groups in total. The molecule has 0 aliphatic carbocycles. The van der Waals surface area contributed by atoms with E-state index in [0.717, 1.165) is 0 Å². The molecule has 0 bridgehead atoms. The van der Waals surface area contributed by atoms with Gasteiger partial charge in [0.05, 0.1) is 18.0 Å². The van der Waals surface area contributed by atoms with Gasteiger partial charge in [0.1, 0.15) is 10.8 Å². The van der Waals surface area contributed by atoms with E-state index < -0.39 is 11.9 Å². The van der Waals surface area contributed by atoms with Crippen LogP contribution in [0.25, 0.3) is 0 Å². The fourth-order valence-electron chi connectivity index (χ4n) is 1.32. The lowest BCUT2D eigenvalue weighted by molar-refractivity contribution is 0.0696. The largest absolute Gasteiger partial charge is 0.478 e. The molecule has 1 amide bonds. The molecule has 0 saturated carbocycles. The van der Waals surface area contributed by atoms with Crippen molar-refractivity contribution in [2.75, 3.05) is 5.32 Å². The van der Waals surface area contributed by atoms with Crippen LogP contribution in [0.3, 0.4) is 0 Å². The number of hydrogen-bond donors (Lipinski definition) is 2. The minimum Gasteiger partial charge on any atom is -0.478 e. The van der Waals surface area contributed by atoms with Crippen LogP contribution < -0.4 is 5.32 Å². The van der Waals surface area contributed by atoms with Crippen molar-refractivity contribution in [3.8, 4) is 0 Å². The van der Waals surface area contributed by atoms with Crippen LogP contribution in [0.4, 0.5) is 5.69 Å². The van der Waals surface area contributed by atoms with Gasteiger partial charge in [0.25, 0.3) is 5.91 Å². The first-order chi connectivity index (χ1) is 9.06. The number of benzene rings is 1. The SMILES string of the molecule is O=C(O)c1ccc(NC(=O)c2cnc(Cl)cn2)cc1. The van der Waals surface area contributed by atoms with E-state index in [2.05, 4.69) is 15.3 Å². The van der Waals surface area contributed by atoms with Crippen molar-refractivity contribution in [1.29, 1.82) is 0 Å². The van der Waals surface area contributed by atoms with Crippen molar-refractivity contribution in [1.82, 2.24) is 9.97 Å². The summed E-state index contributed by atoms with van der Waals surface area (Å²) in [6.45, 7) is 0. The molecule has 2 rings (SSSR count). The molecule has 0 saturated heterocycles. The summed E-state index contributed by atoms with van der Waals surface area (Å²) in [6.07, 6.45) is 2.52. The molecule has 2 aromatic rings. The van der Waals surface area contributed by atoms with Gasteiger partial charge in [-0.2, -0.15) is 0 Å². The van der Waals surface area contributed by atoms with Crippen LogP contribution >= 0.6 is 11.6 Å².